The molecule has 2 N–H and O–H groups in total. The van der Waals surface area contributed by atoms with Crippen molar-refractivity contribution in [1.82, 2.24) is 25.2 Å². The maximum Gasteiger partial charge on any atom is 0.319 e. The van der Waals surface area contributed by atoms with E-state index in [1.807, 2.05) is 0 Å². The summed E-state index contributed by atoms with van der Waals surface area (Å²) in [6, 6.07) is 7.48. The molecule has 4 aliphatic rings. The van der Waals surface area contributed by atoms with Crippen molar-refractivity contribution in [2.24, 2.45) is 0 Å². The van der Waals surface area contributed by atoms with Crippen molar-refractivity contribution in [2.75, 3.05) is 37.7 Å². The van der Waals surface area contributed by atoms with Gasteiger partial charge in [0.15, 0.2) is 5.82 Å². The van der Waals surface area contributed by atoms with E-state index in [2.05, 4.69) is 25.1 Å². The van der Waals surface area contributed by atoms with Crippen LogP contribution in [0.2, 0.25) is 5.02 Å². The van der Waals surface area contributed by atoms with Crippen LogP contribution >= 0.6 is 11.6 Å². The highest BCUT2D eigenvalue weighted by Gasteiger charge is 2.45. The molecule has 2 atom stereocenters. The lowest BCUT2D eigenvalue weighted by Crippen LogP contribution is -2.51. The van der Waals surface area contributed by atoms with E-state index in [4.69, 9.17) is 21.3 Å². The average Bonchev–Trinajstić information content (AvgIpc) is 3.71. The van der Waals surface area contributed by atoms with Gasteiger partial charge >= 0.3 is 6.01 Å². The molecule has 0 aliphatic carbocycles. The number of H-pyrrole nitrogens is 1. The number of benzene rings is 2. The highest BCUT2D eigenvalue weighted by molar-refractivity contribution is 6.31. The molecule has 0 amide bonds. The van der Waals surface area contributed by atoms with Crippen LogP contribution in [0.1, 0.15) is 38.5 Å². The second kappa shape index (κ2) is 9.26. The molecule has 4 saturated heterocycles. The molecule has 2 unspecified atom stereocenters. The van der Waals surface area contributed by atoms with Gasteiger partial charge < -0.3 is 19.9 Å². The quantitative estimate of drug-likeness (QED) is 0.326. The first-order chi connectivity index (χ1) is 19.5. The predicted octanol–water partition coefficient (Wildman–Crippen LogP) is 5.66. The van der Waals surface area contributed by atoms with Crippen molar-refractivity contribution in [1.29, 1.82) is 0 Å². The summed E-state index contributed by atoms with van der Waals surface area (Å²) in [5, 5.41) is 5.14. The molecule has 0 saturated carbocycles. The third-order valence-electron chi connectivity index (χ3n) is 9.55. The smallest absolute Gasteiger partial charge is 0.319 e. The molecule has 8 rings (SSSR count). The lowest BCUT2D eigenvalue weighted by atomic mass is 9.95. The molecule has 2 aromatic carbocycles. The lowest BCUT2D eigenvalue weighted by Gasteiger charge is -2.34. The maximum absolute atomic E-state index is 16.5. The van der Waals surface area contributed by atoms with Crippen LogP contribution < -0.4 is 15.0 Å². The summed E-state index contributed by atoms with van der Waals surface area (Å²) in [6.07, 6.45) is 8.27. The Balaban J connectivity index is 1.26. The van der Waals surface area contributed by atoms with Crippen LogP contribution in [0.3, 0.4) is 0 Å². The van der Waals surface area contributed by atoms with Crippen molar-refractivity contribution in [3.63, 3.8) is 0 Å². The molecule has 4 aliphatic heterocycles. The van der Waals surface area contributed by atoms with Gasteiger partial charge in [0.05, 0.1) is 11.1 Å². The van der Waals surface area contributed by atoms with E-state index in [0.717, 1.165) is 70.2 Å². The largest absolute Gasteiger partial charge is 0.461 e. The third kappa shape index (κ3) is 3.89. The van der Waals surface area contributed by atoms with E-state index in [9.17, 15) is 0 Å². The molecular formula is C30H31ClF2N6O. The molecule has 4 aromatic rings. The third-order valence-corrected chi connectivity index (χ3v) is 9.79. The summed E-state index contributed by atoms with van der Waals surface area (Å²) in [6.45, 7) is 4.10. The molecule has 6 heterocycles. The first-order valence-corrected chi connectivity index (χ1v) is 14.7. The van der Waals surface area contributed by atoms with Gasteiger partial charge in [-0.1, -0.05) is 11.6 Å². The zero-order valence-electron chi connectivity index (χ0n) is 22.2. The molecule has 4 fully saturated rings. The van der Waals surface area contributed by atoms with E-state index < -0.39 is 11.6 Å². The zero-order chi connectivity index (χ0) is 27.0. The van der Waals surface area contributed by atoms with Crippen molar-refractivity contribution in [3.8, 4) is 17.1 Å². The Kier molecular flexibility index (Phi) is 5.73. The van der Waals surface area contributed by atoms with Crippen molar-refractivity contribution < 1.29 is 13.5 Å². The van der Waals surface area contributed by atoms with Gasteiger partial charge in [-0.2, -0.15) is 9.97 Å². The second-order valence-corrected chi connectivity index (χ2v) is 12.4. The first kappa shape index (κ1) is 24.8. The number of halogens is 3. The van der Waals surface area contributed by atoms with Gasteiger partial charge in [-0.15, -0.1) is 0 Å². The fourth-order valence-corrected chi connectivity index (χ4v) is 7.81. The number of rotatable bonds is 5. The topological polar surface area (TPSA) is 69.3 Å². The molecule has 0 spiro atoms. The van der Waals surface area contributed by atoms with E-state index in [0.29, 0.717) is 45.9 Å². The van der Waals surface area contributed by atoms with E-state index in [1.54, 1.807) is 24.4 Å². The second-order valence-electron chi connectivity index (χ2n) is 11.9. The van der Waals surface area contributed by atoms with Crippen LogP contribution in [0, 0.1) is 11.6 Å². The van der Waals surface area contributed by atoms with Gasteiger partial charge in [-0.3, -0.25) is 4.90 Å². The Morgan fingerprint density at radius 1 is 1.02 bits per heavy atom. The summed E-state index contributed by atoms with van der Waals surface area (Å²) >= 11 is 6.24. The molecule has 208 valence electrons. The monoisotopic (exact) mass is 564 g/mol. The molecule has 7 nitrogen and oxygen atoms in total. The summed E-state index contributed by atoms with van der Waals surface area (Å²) in [5.74, 6) is -0.838. The number of anilines is 1. The standard InChI is InChI=1S/C30H31ClF2N6O/c31-17-3-6-24-20(11-17)22(13-34-24)25-23(32)12-21-27(26(25)33)36-29(40-16-30-7-1-9-39(30)10-2-8-30)37-28(21)38-14-18-4-5-19(15-38)35-18/h3,6,11-13,18-19,34-35H,1-2,4-5,7-10,14-16H2. The summed E-state index contributed by atoms with van der Waals surface area (Å²) in [5.41, 5.74) is 1.10. The number of nitrogens with one attached hydrogen (secondary N) is 2. The van der Waals surface area contributed by atoms with Gasteiger partial charge in [0.25, 0.3) is 0 Å². The van der Waals surface area contributed by atoms with Crippen molar-refractivity contribution in [3.05, 3.63) is 47.1 Å². The van der Waals surface area contributed by atoms with E-state index >= 15 is 8.78 Å². The van der Waals surface area contributed by atoms with Crippen molar-refractivity contribution in [2.45, 2.75) is 56.1 Å². The Labute approximate surface area is 235 Å². The Bertz CT molecular complexity index is 1620. The van der Waals surface area contributed by atoms with Crippen LogP contribution in [-0.4, -0.2) is 70.3 Å². The Hall–Kier alpha value is -3.01. The van der Waals surface area contributed by atoms with Gasteiger partial charge in [0, 0.05) is 58.2 Å². The summed E-state index contributed by atoms with van der Waals surface area (Å²) < 4.78 is 38.7. The number of piperazine rings is 1. The predicted molar refractivity (Wildman–Crippen MR) is 152 cm³/mol. The molecular weight excluding hydrogens is 534 g/mol. The number of nitrogens with zero attached hydrogens (tertiary/aromatic N) is 4. The number of aromatic amines is 1. The highest BCUT2D eigenvalue weighted by Crippen LogP contribution is 2.41. The summed E-state index contributed by atoms with van der Waals surface area (Å²) in [4.78, 5) is 17.2. The highest BCUT2D eigenvalue weighted by atomic mass is 35.5. The van der Waals surface area contributed by atoms with Gasteiger partial charge in [-0.25, -0.2) is 8.78 Å². The maximum atomic E-state index is 16.5. The number of ether oxygens (including phenoxy) is 1. The fourth-order valence-electron chi connectivity index (χ4n) is 7.64. The van der Waals surface area contributed by atoms with Crippen LogP contribution in [0.4, 0.5) is 14.6 Å². The zero-order valence-corrected chi connectivity index (χ0v) is 22.9. The van der Waals surface area contributed by atoms with Crippen LogP contribution in [0.5, 0.6) is 6.01 Å². The normalized spacial score (nSPS) is 23.9. The van der Waals surface area contributed by atoms with Crippen LogP contribution in [-0.2, 0) is 0 Å². The molecule has 10 heteroatoms. The van der Waals surface area contributed by atoms with E-state index in [1.165, 1.54) is 6.07 Å². The van der Waals surface area contributed by atoms with Crippen LogP contribution in [0.15, 0.2) is 30.5 Å². The SMILES string of the molecule is Fc1cc2c(N3CC4CCC(C3)N4)nc(OCC34CCCN3CCC4)nc2c(F)c1-c1c[nH]c2ccc(Cl)cc12. The van der Waals surface area contributed by atoms with E-state index in [-0.39, 0.29) is 22.6 Å². The first-order valence-electron chi connectivity index (χ1n) is 14.3. The molecule has 0 radical (unpaired) electrons. The molecule has 2 aromatic heterocycles. The Morgan fingerprint density at radius 3 is 2.58 bits per heavy atom. The number of aromatic nitrogens is 3. The number of hydrogen-bond donors (Lipinski definition) is 2. The minimum atomic E-state index is -0.719. The minimum Gasteiger partial charge on any atom is -0.461 e. The molecule has 40 heavy (non-hydrogen) atoms. The summed E-state index contributed by atoms with van der Waals surface area (Å²) in [7, 11) is 0. The number of hydrogen-bond acceptors (Lipinski definition) is 6. The Morgan fingerprint density at radius 2 is 1.80 bits per heavy atom. The van der Waals surface area contributed by atoms with Gasteiger partial charge in [-0.05, 0) is 75.9 Å². The van der Waals surface area contributed by atoms with Gasteiger partial charge in [0.2, 0.25) is 0 Å². The lowest BCUT2D eigenvalue weighted by molar-refractivity contribution is 0.108. The molecule has 2 bridgehead atoms. The number of fused-ring (bicyclic) bond motifs is 5. The fraction of sp³-hybridized carbons (Fsp3) is 0.467. The van der Waals surface area contributed by atoms with Gasteiger partial charge in [0.1, 0.15) is 23.8 Å². The average molecular weight is 565 g/mol. The minimum absolute atomic E-state index is 0.00242. The van der Waals surface area contributed by atoms with Crippen LogP contribution in [0.25, 0.3) is 32.9 Å². The van der Waals surface area contributed by atoms with Crippen molar-refractivity contribution >= 4 is 39.2 Å².